The number of rotatable bonds is 31. The fraction of sp³-hybridized carbons (Fsp3) is 0.550. The van der Waals surface area contributed by atoms with E-state index < -0.39 is 47.2 Å². The monoisotopic (exact) mass is 1200 g/mol. The summed E-state index contributed by atoms with van der Waals surface area (Å²) in [4.78, 5) is 112. The molecule has 3 aromatic rings. The predicted molar refractivity (Wildman–Crippen MR) is 325 cm³/mol. The number of carboxylic acid groups (broad SMARTS) is 3. The maximum Gasteiger partial charge on any atom is 0.344 e. The number of carboxylic acids is 3. The molecule has 1 saturated carbocycles. The van der Waals surface area contributed by atoms with Crippen molar-refractivity contribution in [3.05, 3.63) is 95.6 Å². The Morgan fingerprint density at radius 3 is 1.74 bits per heavy atom. The largest absolute Gasteiger partial charge is 0.508 e. The first-order valence-electron chi connectivity index (χ1n) is 29.7. The van der Waals surface area contributed by atoms with Crippen LogP contribution in [0.5, 0.6) is 5.75 Å². The fourth-order valence-electron chi connectivity index (χ4n) is 10.3. The molecule has 0 bridgehead atoms. The maximum atomic E-state index is 14.7. The lowest BCUT2D eigenvalue weighted by atomic mass is 9.75. The molecule has 26 heteroatoms. The highest BCUT2D eigenvalue weighted by Crippen LogP contribution is 2.34. The molecule has 2 atom stereocenters. The summed E-state index contributed by atoms with van der Waals surface area (Å²) in [6.45, 7) is 9.41. The van der Waals surface area contributed by atoms with E-state index in [0.29, 0.717) is 108 Å². The van der Waals surface area contributed by atoms with Gasteiger partial charge in [0.05, 0.1) is 25.0 Å². The van der Waals surface area contributed by atoms with Gasteiger partial charge < -0.3 is 68.7 Å². The van der Waals surface area contributed by atoms with Crippen LogP contribution >= 0.6 is 0 Å². The van der Waals surface area contributed by atoms with E-state index >= 15 is 0 Å². The van der Waals surface area contributed by atoms with Gasteiger partial charge in [0.25, 0.3) is 0 Å². The Labute approximate surface area is 503 Å². The third-order valence-electron chi connectivity index (χ3n) is 15.5. The van der Waals surface area contributed by atoms with Crippen LogP contribution in [0.2, 0.25) is 0 Å². The van der Waals surface area contributed by atoms with Crippen LogP contribution in [-0.4, -0.2) is 218 Å². The molecule has 1 unspecified atom stereocenters. The van der Waals surface area contributed by atoms with Crippen LogP contribution in [0, 0.1) is 11.8 Å². The number of amides is 6. The average molecular weight is 1200 g/mol. The van der Waals surface area contributed by atoms with E-state index in [1.165, 1.54) is 12.1 Å². The topological polar surface area (TPSA) is 365 Å². The van der Waals surface area contributed by atoms with Crippen molar-refractivity contribution in [2.24, 2.45) is 22.6 Å². The lowest BCUT2D eigenvalue weighted by molar-refractivity contribution is -0.140. The third-order valence-corrected chi connectivity index (χ3v) is 15.5. The Morgan fingerprint density at radius 1 is 0.628 bits per heavy atom. The van der Waals surface area contributed by atoms with E-state index in [9.17, 15) is 58.8 Å². The fourth-order valence-corrected chi connectivity index (χ4v) is 10.3. The molecule has 86 heavy (non-hydrogen) atoms. The average Bonchev–Trinajstić information content (AvgIpc) is 1.02. The van der Waals surface area contributed by atoms with Crippen LogP contribution in [0.4, 0.5) is 10.5 Å². The van der Waals surface area contributed by atoms with E-state index in [1.54, 1.807) is 33.8 Å². The predicted octanol–water partition coefficient (Wildman–Crippen LogP) is 1.17. The van der Waals surface area contributed by atoms with Crippen LogP contribution in [-0.2, 0) is 45.5 Å². The van der Waals surface area contributed by atoms with Crippen molar-refractivity contribution >= 4 is 59.2 Å². The summed E-state index contributed by atoms with van der Waals surface area (Å²) in [5.74, 6) is -3.64. The number of anilines is 1. The van der Waals surface area contributed by atoms with Crippen molar-refractivity contribution in [3.8, 4) is 5.75 Å². The molecule has 14 N–H and O–H groups in total. The number of nitrogens with two attached hydrogens (primary N) is 1. The molecular formula is C60H90N14O12. The molecule has 2 aliphatic rings. The van der Waals surface area contributed by atoms with Gasteiger partial charge in [-0.25, -0.2) is 4.79 Å². The number of nitrogens with one attached hydrogen (secondary N) is 8. The Kier molecular flexibility index (Phi) is 29.5. The zero-order valence-corrected chi connectivity index (χ0v) is 49.7. The molecule has 1 aliphatic carbocycles. The number of guanidine groups is 1. The van der Waals surface area contributed by atoms with Gasteiger partial charge in [0, 0.05) is 116 Å². The zero-order valence-electron chi connectivity index (χ0n) is 49.7. The van der Waals surface area contributed by atoms with Gasteiger partial charge in [-0.15, -0.1) is 0 Å². The molecule has 1 heterocycles. The molecule has 0 radical (unpaired) electrons. The molecule has 472 valence electrons. The summed E-state index contributed by atoms with van der Waals surface area (Å²) in [5, 5.41) is 62.5. The Bertz CT molecular complexity index is 2630. The standard InChI is InChI=1S/C60H90N14O12/c1-3-51(76)64-27-28-67-59(86)70-58(61)66-24-7-11-50(56(84)68-38-44-14-22-49(75)23-15-44)69-57(85)60(2,46-9-5-4-6-10-46)47-18-20-48(21-19-47)63-25-8-26-65-55(83)45-16-12-43(13-17-45)37-62-42-74-35-33-72(40-53(79)80)31-29-71(39-52(77)78)30-32-73(34-36-74)41-54(81)82/h4-6,9-10,14-15,18-23,43,45,50,62-63,75H,3,7-8,11-13,16-17,24-42H2,1-2H3,(H,64,76)(H,65,83)(H,68,84)(H,69,85)(H,77,78)(H,79,80)(H,81,82)(H4,61,66,67,70,86)/t43-,45-,50-,60?/m1/s1. The van der Waals surface area contributed by atoms with Gasteiger partial charge >= 0.3 is 23.9 Å². The summed E-state index contributed by atoms with van der Waals surface area (Å²) in [7, 11) is 0. The van der Waals surface area contributed by atoms with Crippen molar-refractivity contribution in [2.75, 3.05) is 123 Å². The van der Waals surface area contributed by atoms with Gasteiger partial charge in [0.15, 0.2) is 5.96 Å². The summed E-state index contributed by atoms with van der Waals surface area (Å²) < 4.78 is 0. The zero-order chi connectivity index (χ0) is 62.3. The SMILES string of the molecule is CCC(=O)NCCNC(=O)/N=C(/N)NCCC[C@@H](NC(=O)C(C)(c1ccccc1)c1ccc(NCCCNC(=O)[C@H]2CC[C@H](CNCN3CCN(CC(=O)O)CCN(CC(=O)O)CCN(CC(=O)O)CC3)CC2)cc1)C(=O)NCc1ccc(O)cc1. The van der Waals surface area contributed by atoms with Crippen LogP contribution < -0.4 is 48.3 Å². The summed E-state index contributed by atoms with van der Waals surface area (Å²) in [6, 6.07) is 21.6. The lowest BCUT2D eigenvalue weighted by Gasteiger charge is -2.33. The first kappa shape index (κ1) is 68.9. The van der Waals surface area contributed by atoms with Gasteiger partial charge in [-0.2, -0.15) is 4.99 Å². The minimum Gasteiger partial charge on any atom is -0.508 e. The number of hydrogen-bond acceptors (Lipinski definition) is 15. The first-order valence-corrected chi connectivity index (χ1v) is 29.7. The quantitative estimate of drug-likeness (QED) is 0.0244. The smallest absolute Gasteiger partial charge is 0.344 e. The van der Waals surface area contributed by atoms with Crippen LogP contribution in [0.15, 0.2) is 83.9 Å². The molecule has 5 rings (SSSR count). The Morgan fingerprint density at radius 2 is 1.17 bits per heavy atom. The first-order chi connectivity index (χ1) is 41.3. The highest BCUT2D eigenvalue weighted by Gasteiger charge is 2.39. The maximum absolute atomic E-state index is 14.7. The number of nitrogens with zero attached hydrogens (tertiary/aromatic N) is 5. The molecule has 6 amide bonds. The van der Waals surface area contributed by atoms with Crippen molar-refractivity contribution in [1.82, 2.24) is 56.8 Å². The van der Waals surface area contributed by atoms with E-state index in [2.05, 4.69) is 52.4 Å². The molecule has 1 saturated heterocycles. The number of aliphatic imine (C=N–C) groups is 1. The molecule has 0 spiro atoms. The van der Waals surface area contributed by atoms with Gasteiger partial charge in [0.1, 0.15) is 11.8 Å². The van der Waals surface area contributed by atoms with Gasteiger partial charge in [-0.05, 0) is 105 Å². The van der Waals surface area contributed by atoms with E-state index in [0.717, 1.165) is 43.5 Å². The molecule has 0 aromatic heterocycles. The second kappa shape index (κ2) is 36.8. The summed E-state index contributed by atoms with van der Waals surface area (Å²) >= 11 is 0. The van der Waals surface area contributed by atoms with Crippen LogP contribution in [0.1, 0.15) is 81.9 Å². The van der Waals surface area contributed by atoms with Gasteiger partial charge in [-0.1, -0.05) is 61.5 Å². The van der Waals surface area contributed by atoms with Crippen molar-refractivity contribution in [1.29, 1.82) is 0 Å². The number of urea groups is 1. The number of aliphatic carboxylic acids is 3. The van der Waals surface area contributed by atoms with Crippen molar-refractivity contribution in [2.45, 2.75) is 83.2 Å². The number of benzene rings is 3. The van der Waals surface area contributed by atoms with Crippen LogP contribution in [0.3, 0.4) is 0 Å². The second-order valence-corrected chi connectivity index (χ2v) is 22.0. The molecule has 1 aliphatic heterocycles. The van der Waals surface area contributed by atoms with Gasteiger partial charge in [-0.3, -0.25) is 53.2 Å². The number of carbonyl (C=O) groups is 8. The molecule has 3 aromatic carbocycles. The number of carbonyl (C=O) groups excluding carboxylic acids is 5. The Hall–Kier alpha value is -7.91. The molecule has 2 fully saturated rings. The van der Waals surface area contributed by atoms with Crippen molar-refractivity contribution < 1.29 is 58.8 Å². The summed E-state index contributed by atoms with van der Waals surface area (Å²) in [5.41, 5.74) is 7.66. The highest BCUT2D eigenvalue weighted by molar-refractivity contribution is 5.95. The number of phenolic OH excluding ortho intramolecular Hbond substituents is 1. The lowest BCUT2D eigenvalue weighted by Crippen LogP contribution is -2.52. The van der Waals surface area contributed by atoms with E-state index in [4.69, 9.17) is 5.73 Å². The third kappa shape index (κ3) is 25.0. The number of aromatic hydroxyl groups is 1. The number of phenols is 1. The minimum atomic E-state index is -1.25. The van der Waals surface area contributed by atoms with Crippen LogP contribution in [0.25, 0.3) is 0 Å². The second-order valence-electron chi connectivity index (χ2n) is 22.0. The minimum absolute atomic E-state index is 0.0407. The molecular weight excluding hydrogens is 1110 g/mol. The Balaban J connectivity index is 1.09. The molecule has 26 nitrogen and oxygen atoms in total. The van der Waals surface area contributed by atoms with Crippen molar-refractivity contribution in [3.63, 3.8) is 0 Å². The van der Waals surface area contributed by atoms with E-state index in [-0.39, 0.29) is 81.7 Å². The van der Waals surface area contributed by atoms with Gasteiger partial charge in [0.2, 0.25) is 23.6 Å². The summed E-state index contributed by atoms with van der Waals surface area (Å²) in [6.07, 6.45) is 4.83. The van der Waals surface area contributed by atoms with E-state index in [1.807, 2.05) is 61.5 Å². The number of hydrogen-bond donors (Lipinski definition) is 13. The highest BCUT2D eigenvalue weighted by atomic mass is 16.4. The normalized spacial score (nSPS) is 17.9.